The molecule has 0 aliphatic carbocycles. The van der Waals surface area contributed by atoms with Gasteiger partial charge < -0.3 is 4.57 Å². The molecule has 0 unspecified atom stereocenters. The van der Waals surface area contributed by atoms with E-state index in [-0.39, 0.29) is 4.90 Å². The minimum Gasteiger partial charge on any atom is -0.319 e. The van der Waals surface area contributed by atoms with Crippen LogP contribution in [-0.2, 0) is 17.1 Å². The molecule has 1 aromatic heterocycles. The summed E-state index contributed by atoms with van der Waals surface area (Å²) in [6, 6.07) is 9.47. The zero-order valence-corrected chi connectivity index (χ0v) is 17.6. The maximum Gasteiger partial charge on any atom is 0.279 e. The summed E-state index contributed by atoms with van der Waals surface area (Å²) in [5, 5.41) is 0.636. The van der Waals surface area contributed by atoms with Crippen molar-refractivity contribution in [3.05, 3.63) is 57.3 Å². The van der Waals surface area contributed by atoms with E-state index >= 15 is 0 Å². The van der Waals surface area contributed by atoms with Gasteiger partial charge in [0, 0.05) is 31.7 Å². The van der Waals surface area contributed by atoms with E-state index in [2.05, 4.69) is 4.99 Å². The zero-order valence-electron chi connectivity index (χ0n) is 15.2. The topological polar surface area (TPSA) is 71.7 Å². The van der Waals surface area contributed by atoms with E-state index in [0.717, 1.165) is 20.1 Å². The fourth-order valence-corrected chi connectivity index (χ4v) is 5.08. The number of rotatable bonds is 3. The van der Waals surface area contributed by atoms with Crippen LogP contribution in [0.1, 0.15) is 15.9 Å². The van der Waals surface area contributed by atoms with Crippen molar-refractivity contribution in [3.63, 3.8) is 0 Å². The Morgan fingerprint density at radius 1 is 1.19 bits per heavy atom. The van der Waals surface area contributed by atoms with Gasteiger partial charge in [0.2, 0.25) is 10.0 Å². The average Bonchev–Trinajstić information content (AvgIpc) is 2.90. The Bertz CT molecular complexity index is 1210. The van der Waals surface area contributed by atoms with Crippen molar-refractivity contribution in [1.82, 2.24) is 8.87 Å². The number of hydrogen-bond donors (Lipinski definition) is 0. The fraction of sp³-hybridized carbons (Fsp3) is 0.222. The molecule has 1 amide bonds. The normalized spacial score (nSPS) is 12.9. The van der Waals surface area contributed by atoms with Gasteiger partial charge in [-0.3, -0.25) is 4.79 Å². The second-order valence-corrected chi connectivity index (χ2v) is 9.84. The molecule has 0 aliphatic rings. The first-order valence-electron chi connectivity index (χ1n) is 7.98. The predicted molar refractivity (Wildman–Crippen MR) is 108 cm³/mol. The van der Waals surface area contributed by atoms with Crippen LogP contribution in [0.5, 0.6) is 0 Å². The number of halogens is 1. The van der Waals surface area contributed by atoms with E-state index in [9.17, 15) is 13.2 Å². The zero-order chi connectivity index (χ0) is 19.9. The third kappa shape index (κ3) is 3.70. The van der Waals surface area contributed by atoms with Gasteiger partial charge in [0.15, 0.2) is 4.80 Å². The van der Waals surface area contributed by atoms with Crippen LogP contribution in [0.15, 0.2) is 46.3 Å². The lowest BCUT2D eigenvalue weighted by Crippen LogP contribution is -2.22. The smallest absolute Gasteiger partial charge is 0.279 e. The summed E-state index contributed by atoms with van der Waals surface area (Å²) in [5.74, 6) is -0.435. The summed E-state index contributed by atoms with van der Waals surface area (Å²) in [6.45, 7) is 1.95. The molecular weight excluding hydrogens is 406 g/mol. The van der Waals surface area contributed by atoms with Gasteiger partial charge in [-0.15, -0.1) is 0 Å². The number of thiazole rings is 1. The van der Waals surface area contributed by atoms with Crippen LogP contribution in [-0.4, -0.2) is 37.3 Å². The van der Waals surface area contributed by atoms with Crippen molar-refractivity contribution < 1.29 is 13.2 Å². The van der Waals surface area contributed by atoms with Gasteiger partial charge in [-0.05, 0) is 48.9 Å². The number of aromatic nitrogens is 1. The third-order valence-electron chi connectivity index (χ3n) is 4.13. The summed E-state index contributed by atoms with van der Waals surface area (Å²) >= 11 is 7.48. The first kappa shape index (κ1) is 19.8. The number of carbonyl (C=O) groups excluding carboxylic acids is 1. The molecule has 0 atom stereocenters. The molecule has 0 fully saturated rings. The number of amides is 1. The maximum absolute atomic E-state index is 12.5. The lowest BCUT2D eigenvalue weighted by molar-refractivity contribution is 0.0998. The largest absolute Gasteiger partial charge is 0.319 e. The summed E-state index contributed by atoms with van der Waals surface area (Å²) < 4.78 is 28.2. The van der Waals surface area contributed by atoms with Crippen molar-refractivity contribution in [1.29, 1.82) is 0 Å². The van der Waals surface area contributed by atoms with Gasteiger partial charge in [0.25, 0.3) is 5.91 Å². The predicted octanol–water partition coefficient (Wildman–Crippen LogP) is 3.19. The van der Waals surface area contributed by atoms with Crippen LogP contribution in [0.2, 0.25) is 5.02 Å². The lowest BCUT2D eigenvalue weighted by atomic mass is 10.2. The highest BCUT2D eigenvalue weighted by molar-refractivity contribution is 7.89. The molecule has 0 saturated carbocycles. The highest BCUT2D eigenvalue weighted by atomic mass is 35.5. The number of aryl methyl sites for hydroxylation is 2. The number of benzene rings is 2. The van der Waals surface area contributed by atoms with Gasteiger partial charge in [0.05, 0.1) is 15.1 Å². The van der Waals surface area contributed by atoms with Gasteiger partial charge in [0.1, 0.15) is 0 Å². The molecule has 0 N–H and O–H groups in total. The summed E-state index contributed by atoms with van der Waals surface area (Å²) in [7, 11) is 1.23. The van der Waals surface area contributed by atoms with Crippen LogP contribution in [0, 0.1) is 6.92 Å². The molecular formula is C18H18ClN3O3S2. The second-order valence-electron chi connectivity index (χ2n) is 6.24. The molecule has 0 aliphatic heterocycles. The molecule has 6 nitrogen and oxygen atoms in total. The van der Waals surface area contributed by atoms with Crippen LogP contribution < -0.4 is 4.80 Å². The molecule has 27 heavy (non-hydrogen) atoms. The standard InChI is InChI=1S/C18H18ClN3O3S2/c1-11-9-13(19)10-15-16(11)22(4)18(26-15)20-17(23)12-5-7-14(8-6-12)27(24,25)21(2)3/h5-10H,1-4H3. The van der Waals surface area contributed by atoms with Gasteiger partial charge in [-0.25, -0.2) is 12.7 Å². The van der Waals surface area contributed by atoms with Crippen LogP contribution >= 0.6 is 22.9 Å². The van der Waals surface area contributed by atoms with Crippen LogP contribution in [0.3, 0.4) is 0 Å². The quantitative estimate of drug-likeness (QED) is 0.649. The molecule has 9 heteroatoms. The molecule has 142 valence electrons. The number of carbonyl (C=O) groups is 1. The Labute approximate surface area is 166 Å². The molecule has 3 rings (SSSR count). The molecule has 0 spiro atoms. The molecule has 0 bridgehead atoms. The van der Waals surface area contributed by atoms with E-state index in [1.165, 1.54) is 49.7 Å². The van der Waals surface area contributed by atoms with Crippen LogP contribution in [0.25, 0.3) is 10.2 Å². The number of hydrogen-bond acceptors (Lipinski definition) is 4. The highest BCUT2D eigenvalue weighted by Crippen LogP contribution is 2.25. The average molecular weight is 424 g/mol. The summed E-state index contributed by atoms with van der Waals surface area (Å²) in [4.78, 5) is 17.4. The first-order valence-corrected chi connectivity index (χ1v) is 10.6. The Morgan fingerprint density at radius 2 is 1.81 bits per heavy atom. The Morgan fingerprint density at radius 3 is 2.41 bits per heavy atom. The Balaban J connectivity index is 2.01. The molecule has 2 aromatic carbocycles. The van der Waals surface area contributed by atoms with Gasteiger partial charge in [-0.1, -0.05) is 22.9 Å². The number of fused-ring (bicyclic) bond motifs is 1. The number of nitrogens with zero attached hydrogens (tertiary/aromatic N) is 3. The molecule has 3 aromatic rings. The minimum atomic E-state index is -3.53. The second kappa shape index (κ2) is 7.20. The summed E-state index contributed by atoms with van der Waals surface area (Å²) in [5.41, 5.74) is 2.30. The van der Waals surface area contributed by atoms with Crippen LogP contribution in [0.4, 0.5) is 0 Å². The first-order chi connectivity index (χ1) is 12.6. The van der Waals surface area contributed by atoms with Gasteiger partial charge >= 0.3 is 0 Å². The fourth-order valence-electron chi connectivity index (χ4n) is 2.70. The molecule has 0 saturated heterocycles. The van der Waals surface area contributed by atoms with E-state index in [1.807, 2.05) is 30.7 Å². The van der Waals surface area contributed by atoms with Crippen molar-refractivity contribution in [2.75, 3.05) is 14.1 Å². The van der Waals surface area contributed by atoms with E-state index in [1.54, 1.807) is 0 Å². The van der Waals surface area contributed by atoms with Crippen molar-refractivity contribution in [3.8, 4) is 0 Å². The molecule has 0 radical (unpaired) electrons. The van der Waals surface area contributed by atoms with Crippen molar-refractivity contribution >= 4 is 49.1 Å². The van der Waals surface area contributed by atoms with Crippen molar-refractivity contribution in [2.24, 2.45) is 12.0 Å². The monoisotopic (exact) mass is 423 g/mol. The third-order valence-corrected chi connectivity index (χ3v) is 7.26. The lowest BCUT2D eigenvalue weighted by Gasteiger charge is -2.11. The van der Waals surface area contributed by atoms with E-state index in [0.29, 0.717) is 15.4 Å². The van der Waals surface area contributed by atoms with Crippen molar-refractivity contribution in [2.45, 2.75) is 11.8 Å². The van der Waals surface area contributed by atoms with E-state index < -0.39 is 15.9 Å². The summed E-state index contributed by atoms with van der Waals surface area (Å²) in [6.07, 6.45) is 0. The van der Waals surface area contributed by atoms with E-state index in [4.69, 9.17) is 11.6 Å². The SMILES string of the molecule is Cc1cc(Cl)cc2sc(=NC(=O)c3ccc(S(=O)(=O)N(C)C)cc3)n(C)c12. The molecule has 1 heterocycles. The number of sulfonamides is 1. The Hall–Kier alpha value is -2.00. The Kier molecular flexibility index (Phi) is 5.27. The maximum atomic E-state index is 12.5. The highest BCUT2D eigenvalue weighted by Gasteiger charge is 2.17. The minimum absolute atomic E-state index is 0.127. The van der Waals surface area contributed by atoms with Gasteiger partial charge in [-0.2, -0.15) is 4.99 Å².